The molecule has 0 aliphatic carbocycles. The Morgan fingerprint density at radius 3 is 2.94 bits per heavy atom. The lowest BCUT2D eigenvalue weighted by Crippen LogP contribution is -2.14. The van der Waals surface area contributed by atoms with Crippen molar-refractivity contribution in [1.82, 2.24) is 9.55 Å². The summed E-state index contributed by atoms with van der Waals surface area (Å²) < 4.78 is 15.7. The van der Waals surface area contributed by atoms with Crippen LogP contribution in [0.15, 0.2) is 30.6 Å². The minimum absolute atomic E-state index is 0.111. The summed E-state index contributed by atoms with van der Waals surface area (Å²) >= 11 is 5.74. The number of imidazole rings is 1. The number of hydrogen-bond acceptors (Lipinski definition) is 2. The highest BCUT2D eigenvalue weighted by atomic mass is 35.5. The molecular weight excluding hydrogens is 253 g/mol. The number of halogens is 2. The molecular formula is C13H15ClFN3. The maximum Gasteiger partial charge on any atom is 0.146 e. The van der Waals surface area contributed by atoms with Gasteiger partial charge in [-0.3, -0.25) is 0 Å². The van der Waals surface area contributed by atoms with E-state index in [4.69, 9.17) is 17.3 Å². The zero-order valence-corrected chi connectivity index (χ0v) is 10.9. The molecule has 0 saturated carbocycles. The lowest BCUT2D eigenvalue weighted by molar-refractivity contribution is 0.556. The van der Waals surface area contributed by atoms with E-state index in [1.54, 1.807) is 18.3 Å². The molecule has 0 spiro atoms. The lowest BCUT2D eigenvalue weighted by Gasteiger charge is -2.13. The number of nitrogens with two attached hydrogens (primary N) is 1. The molecule has 0 amide bonds. The van der Waals surface area contributed by atoms with Crippen LogP contribution in [0.1, 0.15) is 23.9 Å². The minimum Gasteiger partial charge on any atom is -0.338 e. The van der Waals surface area contributed by atoms with E-state index >= 15 is 0 Å². The molecule has 0 radical (unpaired) electrons. The molecule has 1 atom stereocenters. The van der Waals surface area contributed by atoms with Crippen LogP contribution < -0.4 is 5.73 Å². The normalized spacial score (nSPS) is 12.7. The van der Waals surface area contributed by atoms with Crippen LogP contribution in [0.4, 0.5) is 4.39 Å². The fourth-order valence-electron chi connectivity index (χ4n) is 1.88. The Morgan fingerprint density at radius 2 is 2.28 bits per heavy atom. The van der Waals surface area contributed by atoms with Gasteiger partial charge >= 0.3 is 0 Å². The molecule has 96 valence electrons. The van der Waals surface area contributed by atoms with Gasteiger partial charge < -0.3 is 10.3 Å². The summed E-state index contributed by atoms with van der Waals surface area (Å²) in [5.41, 5.74) is 6.45. The van der Waals surface area contributed by atoms with Gasteiger partial charge in [-0.1, -0.05) is 23.7 Å². The Bertz CT molecular complexity index is 539. The van der Waals surface area contributed by atoms with Crippen molar-refractivity contribution in [3.05, 3.63) is 52.8 Å². The molecule has 0 bridgehead atoms. The molecule has 5 heteroatoms. The first kappa shape index (κ1) is 13.1. The first-order valence-electron chi connectivity index (χ1n) is 5.75. The van der Waals surface area contributed by atoms with Gasteiger partial charge in [0.2, 0.25) is 0 Å². The number of nitrogens with zero attached hydrogens (tertiary/aromatic N) is 2. The van der Waals surface area contributed by atoms with E-state index in [1.165, 1.54) is 6.07 Å². The molecule has 0 aliphatic rings. The highest BCUT2D eigenvalue weighted by Gasteiger charge is 2.14. The third-order valence-electron chi connectivity index (χ3n) is 2.98. The average molecular weight is 268 g/mol. The fraction of sp³-hybridized carbons (Fsp3) is 0.308. The zero-order valence-electron chi connectivity index (χ0n) is 10.1. The van der Waals surface area contributed by atoms with Crippen molar-refractivity contribution in [1.29, 1.82) is 0 Å². The summed E-state index contributed by atoms with van der Waals surface area (Å²) in [6.45, 7) is 0. The Kier molecular flexibility index (Phi) is 3.99. The predicted octanol–water partition coefficient (Wildman–Crippen LogP) is 2.85. The molecule has 0 saturated heterocycles. The van der Waals surface area contributed by atoms with Crippen molar-refractivity contribution in [3.8, 4) is 0 Å². The Balaban J connectivity index is 2.06. The summed E-state index contributed by atoms with van der Waals surface area (Å²) in [7, 11) is 1.92. The first-order valence-corrected chi connectivity index (χ1v) is 6.13. The van der Waals surface area contributed by atoms with Crippen LogP contribution in [0.5, 0.6) is 0 Å². The van der Waals surface area contributed by atoms with Crippen molar-refractivity contribution >= 4 is 11.6 Å². The monoisotopic (exact) mass is 267 g/mol. The van der Waals surface area contributed by atoms with Crippen LogP contribution in [-0.4, -0.2) is 9.55 Å². The molecule has 18 heavy (non-hydrogen) atoms. The molecule has 1 heterocycles. The van der Waals surface area contributed by atoms with E-state index in [2.05, 4.69) is 4.98 Å². The van der Waals surface area contributed by atoms with Gasteiger partial charge in [-0.05, 0) is 12.5 Å². The van der Waals surface area contributed by atoms with E-state index < -0.39 is 5.82 Å². The lowest BCUT2D eigenvalue weighted by atomic mass is 10.0. The molecule has 0 fully saturated rings. The van der Waals surface area contributed by atoms with Gasteiger partial charge in [0.1, 0.15) is 11.6 Å². The van der Waals surface area contributed by atoms with Crippen LogP contribution >= 0.6 is 11.6 Å². The van der Waals surface area contributed by atoms with Gasteiger partial charge in [-0.2, -0.15) is 0 Å². The van der Waals surface area contributed by atoms with Crippen molar-refractivity contribution in [2.45, 2.75) is 18.9 Å². The number of aromatic nitrogens is 2. The largest absolute Gasteiger partial charge is 0.338 e. The molecule has 2 rings (SSSR count). The van der Waals surface area contributed by atoms with Crippen LogP contribution in [-0.2, 0) is 13.5 Å². The first-order chi connectivity index (χ1) is 8.59. The van der Waals surface area contributed by atoms with Crippen molar-refractivity contribution < 1.29 is 4.39 Å². The minimum atomic E-state index is -0.425. The van der Waals surface area contributed by atoms with Crippen molar-refractivity contribution in [2.75, 3.05) is 0 Å². The summed E-state index contributed by atoms with van der Waals surface area (Å²) in [5.74, 6) is 0.513. The summed E-state index contributed by atoms with van der Waals surface area (Å²) in [6, 6.07) is 4.53. The summed E-state index contributed by atoms with van der Waals surface area (Å²) in [6.07, 6.45) is 4.94. The second-order valence-electron chi connectivity index (χ2n) is 4.24. The molecule has 1 aromatic heterocycles. The quantitative estimate of drug-likeness (QED) is 0.926. The fourth-order valence-corrected chi connectivity index (χ4v) is 2.07. The maximum atomic E-state index is 13.8. The highest BCUT2D eigenvalue weighted by Crippen LogP contribution is 2.24. The van der Waals surface area contributed by atoms with E-state index in [1.807, 2.05) is 17.8 Å². The molecule has 1 unspecified atom stereocenters. The van der Waals surface area contributed by atoms with Crippen molar-refractivity contribution in [3.63, 3.8) is 0 Å². The van der Waals surface area contributed by atoms with Gasteiger partial charge in [0.05, 0.1) is 5.02 Å². The number of aryl methyl sites for hydroxylation is 2. The average Bonchev–Trinajstić information content (AvgIpc) is 2.75. The van der Waals surface area contributed by atoms with Gasteiger partial charge in [0.15, 0.2) is 0 Å². The van der Waals surface area contributed by atoms with E-state index in [9.17, 15) is 4.39 Å². The van der Waals surface area contributed by atoms with Crippen LogP contribution in [0.2, 0.25) is 5.02 Å². The maximum absolute atomic E-state index is 13.8. The number of benzene rings is 1. The van der Waals surface area contributed by atoms with Crippen LogP contribution in [0.25, 0.3) is 0 Å². The van der Waals surface area contributed by atoms with E-state index in [-0.39, 0.29) is 11.1 Å². The topological polar surface area (TPSA) is 43.8 Å². The number of rotatable bonds is 4. The van der Waals surface area contributed by atoms with Gasteiger partial charge in [-0.15, -0.1) is 0 Å². The van der Waals surface area contributed by atoms with E-state index in [0.717, 1.165) is 5.82 Å². The molecule has 2 aromatic rings. The predicted molar refractivity (Wildman–Crippen MR) is 69.9 cm³/mol. The molecule has 3 nitrogen and oxygen atoms in total. The second kappa shape index (κ2) is 5.50. The highest BCUT2D eigenvalue weighted by molar-refractivity contribution is 6.30. The van der Waals surface area contributed by atoms with E-state index in [0.29, 0.717) is 18.4 Å². The van der Waals surface area contributed by atoms with Crippen LogP contribution in [0, 0.1) is 5.82 Å². The SMILES string of the molecule is Cn1ccnc1CCC(N)c1cccc(Cl)c1F. The van der Waals surface area contributed by atoms with Gasteiger partial charge in [0.25, 0.3) is 0 Å². The smallest absolute Gasteiger partial charge is 0.146 e. The van der Waals surface area contributed by atoms with Gasteiger partial charge in [-0.25, -0.2) is 9.37 Å². The standard InChI is InChI=1S/C13H15ClFN3/c1-18-8-7-17-12(18)6-5-11(16)9-3-2-4-10(14)13(9)15/h2-4,7-8,11H,5-6,16H2,1H3. The summed E-state index contributed by atoms with van der Waals surface area (Å²) in [5, 5.41) is 0.111. The molecule has 2 N–H and O–H groups in total. The molecule has 0 aliphatic heterocycles. The Hall–Kier alpha value is -1.39. The second-order valence-corrected chi connectivity index (χ2v) is 4.65. The van der Waals surface area contributed by atoms with Gasteiger partial charge in [0, 0.05) is 37.5 Å². The molecule has 1 aromatic carbocycles. The zero-order chi connectivity index (χ0) is 13.1. The Morgan fingerprint density at radius 1 is 1.50 bits per heavy atom. The van der Waals surface area contributed by atoms with Crippen LogP contribution in [0.3, 0.4) is 0 Å². The third-order valence-corrected chi connectivity index (χ3v) is 3.27. The Labute approximate surface area is 110 Å². The summed E-state index contributed by atoms with van der Waals surface area (Å²) in [4.78, 5) is 4.21. The third kappa shape index (κ3) is 2.71. The number of hydrogen-bond donors (Lipinski definition) is 1. The van der Waals surface area contributed by atoms with Crippen molar-refractivity contribution in [2.24, 2.45) is 12.8 Å².